The first-order valence-corrected chi connectivity index (χ1v) is 9.76. The number of carbonyl (C=O) groups is 2. The zero-order valence-electron chi connectivity index (χ0n) is 15.9. The molecule has 0 spiro atoms. The predicted octanol–water partition coefficient (Wildman–Crippen LogP) is 2.88. The van der Waals surface area contributed by atoms with E-state index < -0.39 is 0 Å². The first-order chi connectivity index (χ1) is 12.6. The molecule has 26 heavy (non-hydrogen) atoms. The lowest BCUT2D eigenvalue weighted by Gasteiger charge is -2.31. The van der Waals surface area contributed by atoms with Crippen molar-refractivity contribution in [2.75, 3.05) is 27.2 Å². The molecule has 1 unspecified atom stereocenters. The zero-order valence-corrected chi connectivity index (χ0v) is 15.9. The molecule has 0 aromatic heterocycles. The monoisotopic (exact) mass is 358 g/mol. The van der Waals surface area contributed by atoms with E-state index in [1.807, 2.05) is 36.2 Å². The van der Waals surface area contributed by atoms with E-state index in [1.54, 1.807) is 12.0 Å². The van der Waals surface area contributed by atoms with Gasteiger partial charge in [0.2, 0.25) is 11.8 Å². The molecule has 0 radical (unpaired) electrons. The summed E-state index contributed by atoms with van der Waals surface area (Å²) in [5.74, 6) is 0.917. The largest absolute Gasteiger partial charge is 0.496 e. The van der Waals surface area contributed by atoms with Gasteiger partial charge >= 0.3 is 0 Å². The standard InChI is InChI=1S/C21H30N2O3/c1-22(13-12-16-8-6-7-11-19(16)26-2)21(25)17-14-20(24)23(15-17)18-9-4-3-5-10-18/h6-8,11,17-18H,3-5,9-10,12-15H2,1-2H3. The van der Waals surface area contributed by atoms with E-state index in [2.05, 4.69) is 0 Å². The number of ether oxygens (including phenoxy) is 1. The topological polar surface area (TPSA) is 49.9 Å². The van der Waals surface area contributed by atoms with Gasteiger partial charge in [0.1, 0.15) is 5.75 Å². The number of para-hydroxylation sites is 1. The second-order valence-corrected chi connectivity index (χ2v) is 7.56. The highest BCUT2D eigenvalue weighted by atomic mass is 16.5. The fraction of sp³-hybridized carbons (Fsp3) is 0.619. The molecule has 1 saturated carbocycles. The smallest absolute Gasteiger partial charge is 0.227 e. The summed E-state index contributed by atoms with van der Waals surface area (Å²) in [6.45, 7) is 1.23. The van der Waals surface area contributed by atoms with E-state index in [1.165, 1.54) is 19.3 Å². The molecular formula is C21H30N2O3. The van der Waals surface area contributed by atoms with E-state index >= 15 is 0 Å². The van der Waals surface area contributed by atoms with Gasteiger partial charge in [-0.05, 0) is 30.9 Å². The lowest BCUT2D eigenvalue weighted by Crippen LogP contribution is -2.40. The summed E-state index contributed by atoms with van der Waals surface area (Å²) in [6.07, 6.45) is 6.98. The van der Waals surface area contributed by atoms with Crippen LogP contribution in [0.1, 0.15) is 44.1 Å². The van der Waals surface area contributed by atoms with Crippen LogP contribution in [0.2, 0.25) is 0 Å². The van der Waals surface area contributed by atoms with Crippen molar-refractivity contribution in [2.45, 2.75) is 51.0 Å². The van der Waals surface area contributed by atoms with Crippen LogP contribution in [-0.4, -0.2) is 54.9 Å². The first kappa shape index (κ1) is 18.7. The Hall–Kier alpha value is -2.04. The number of rotatable bonds is 6. The molecule has 2 fully saturated rings. The molecule has 142 valence electrons. The van der Waals surface area contributed by atoms with E-state index in [9.17, 15) is 9.59 Å². The Morgan fingerprint density at radius 2 is 1.96 bits per heavy atom. The van der Waals surface area contributed by atoms with E-state index in [4.69, 9.17) is 4.74 Å². The van der Waals surface area contributed by atoms with Crippen molar-refractivity contribution < 1.29 is 14.3 Å². The fourth-order valence-corrected chi connectivity index (χ4v) is 4.26. The molecule has 1 heterocycles. The predicted molar refractivity (Wildman–Crippen MR) is 101 cm³/mol. The van der Waals surface area contributed by atoms with Gasteiger partial charge in [-0.1, -0.05) is 37.5 Å². The third kappa shape index (κ3) is 4.19. The van der Waals surface area contributed by atoms with Gasteiger partial charge < -0.3 is 14.5 Å². The minimum atomic E-state index is -0.188. The third-order valence-corrected chi connectivity index (χ3v) is 5.81. The van der Waals surface area contributed by atoms with Crippen molar-refractivity contribution in [1.82, 2.24) is 9.80 Å². The summed E-state index contributed by atoms with van der Waals surface area (Å²) in [4.78, 5) is 29.0. The van der Waals surface area contributed by atoms with Crippen LogP contribution in [0.25, 0.3) is 0 Å². The molecule has 1 aliphatic heterocycles. The maximum atomic E-state index is 12.8. The van der Waals surface area contributed by atoms with Crippen LogP contribution in [0.5, 0.6) is 5.75 Å². The highest BCUT2D eigenvalue weighted by molar-refractivity contribution is 5.89. The number of methoxy groups -OCH3 is 1. The molecule has 2 amide bonds. The van der Waals surface area contributed by atoms with Crippen molar-refractivity contribution in [3.05, 3.63) is 29.8 Å². The van der Waals surface area contributed by atoms with Crippen LogP contribution < -0.4 is 4.74 Å². The van der Waals surface area contributed by atoms with Gasteiger partial charge in [-0.25, -0.2) is 0 Å². The average molecular weight is 358 g/mol. The molecule has 0 N–H and O–H groups in total. The number of likely N-dealkylation sites (N-methyl/N-ethyl adjacent to an activating group) is 1. The highest BCUT2D eigenvalue weighted by Crippen LogP contribution is 2.29. The highest BCUT2D eigenvalue weighted by Gasteiger charge is 2.39. The maximum absolute atomic E-state index is 12.8. The van der Waals surface area contributed by atoms with Crippen molar-refractivity contribution in [3.63, 3.8) is 0 Å². The van der Waals surface area contributed by atoms with Crippen molar-refractivity contribution in [2.24, 2.45) is 5.92 Å². The van der Waals surface area contributed by atoms with E-state index in [-0.39, 0.29) is 17.7 Å². The SMILES string of the molecule is COc1ccccc1CCN(C)C(=O)C1CC(=O)N(C2CCCCC2)C1. The van der Waals surface area contributed by atoms with Crippen molar-refractivity contribution in [1.29, 1.82) is 0 Å². The zero-order chi connectivity index (χ0) is 18.5. The number of benzene rings is 1. The minimum absolute atomic E-state index is 0.0894. The van der Waals surface area contributed by atoms with Gasteiger partial charge in [-0.15, -0.1) is 0 Å². The normalized spacial score (nSPS) is 21.1. The molecule has 1 aliphatic carbocycles. The van der Waals surface area contributed by atoms with Crippen molar-refractivity contribution >= 4 is 11.8 Å². The molecule has 2 aliphatic rings. The Morgan fingerprint density at radius 1 is 1.23 bits per heavy atom. The van der Waals surface area contributed by atoms with Crippen LogP contribution >= 0.6 is 0 Å². The van der Waals surface area contributed by atoms with E-state index in [0.717, 1.165) is 30.6 Å². The van der Waals surface area contributed by atoms with Gasteiger partial charge in [0.05, 0.1) is 13.0 Å². The quantitative estimate of drug-likeness (QED) is 0.786. The average Bonchev–Trinajstić information content (AvgIpc) is 3.08. The molecule has 1 aromatic carbocycles. The van der Waals surface area contributed by atoms with Gasteiger partial charge in [0, 0.05) is 32.6 Å². The minimum Gasteiger partial charge on any atom is -0.496 e. The maximum Gasteiger partial charge on any atom is 0.227 e. The Labute approximate surface area is 156 Å². The molecule has 5 heteroatoms. The third-order valence-electron chi connectivity index (χ3n) is 5.81. The Morgan fingerprint density at radius 3 is 2.69 bits per heavy atom. The van der Waals surface area contributed by atoms with Gasteiger partial charge in [0.25, 0.3) is 0 Å². The summed E-state index contributed by atoms with van der Waals surface area (Å²) in [6, 6.07) is 8.25. The molecule has 1 atom stereocenters. The molecule has 5 nitrogen and oxygen atoms in total. The molecular weight excluding hydrogens is 328 g/mol. The van der Waals surface area contributed by atoms with Gasteiger partial charge in [-0.2, -0.15) is 0 Å². The summed E-state index contributed by atoms with van der Waals surface area (Å²) in [5, 5.41) is 0. The number of amides is 2. The van der Waals surface area contributed by atoms with Crippen LogP contribution in [0.4, 0.5) is 0 Å². The Bertz CT molecular complexity index is 640. The number of carbonyl (C=O) groups excluding carboxylic acids is 2. The molecule has 1 saturated heterocycles. The van der Waals surface area contributed by atoms with Crippen LogP contribution in [0.3, 0.4) is 0 Å². The van der Waals surface area contributed by atoms with Crippen LogP contribution in [-0.2, 0) is 16.0 Å². The lowest BCUT2D eigenvalue weighted by atomic mass is 9.94. The Balaban J connectivity index is 1.54. The number of likely N-dealkylation sites (tertiary alicyclic amines) is 1. The summed E-state index contributed by atoms with van der Waals surface area (Å²) < 4.78 is 5.38. The summed E-state index contributed by atoms with van der Waals surface area (Å²) >= 11 is 0. The molecule has 3 rings (SSSR count). The summed E-state index contributed by atoms with van der Waals surface area (Å²) in [5.41, 5.74) is 1.10. The second-order valence-electron chi connectivity index (χ2n) is 7.56. The van der Waals surface area contributed by atoms with Crippen LogP contribution in [0, 0.1) is 5.92 Å². The van der Waals surface area contributed by atoms with Crippen molar-refractivity contribution in [3.8, 4) is 5.75 Å². The first-order valence-electron chi connectivity index (χ1n) is 9.76. The molecule has 1 aromatic rings. The fourth-order valence-electron chi connectivity index (χ4n) is 4.26. The molecule has 0 bridgehead atoms. The lowest BCUT2D eigenvalue weighted by molar-refractivity contribution is -0.134. The second kappa shape index (κ2) is 8.56. The number of hydrogen-bond acceptors (Lipinski definition) is 3. The Kier molecular flexibility index (Phi) is 6.17. The van der Waals surface area contributed by atoms with Gasteiger partial charge in [0.15, 0.2) is 0 Å². The van der Waals surface area contributed by atoms with Gasteiger partial charge in [-0.3, -0.25) is 9.59 Å². The van der Waals surface area contributed by atoms with E-state index in [0.29, 0.717) is 25.6 Å². The number of hydrogen-bond donors (Lipinski definition) is 0. The van der Waals surface area contributed by atoms with Crippen LogP contribution in [0.15, 0.2) is 24.3 Å². The summed E-state index contributed by atoms with van der Waals surface area (Å²) in [7, 11) is 3.50. The number of nitrogens with zero attached hydrogens (tertiary/aromatic N) is 2.